The predicted octanol–water partition coefficient (Wildman–Crippen LogP) is 2.50. The second-order valence-electron chi connectivity index (χ2n) is 8.52. The summed E-state index contributed by atoms with van der Waals surface area (Å²) < 4.78 is 4.44. The highest BCUT2D eigenvalue weighted by atomic mass is 15.3. The molecule has 160 valence electrons. The molecule has 2 fully saturated rings. The molecule has 0 saturated carbocycles. The van der Waals surface area contributed by atoms with E-state index < -0.39 is 0 Å². The van der Waals surface area contributed by atoms with Crippen LogP contribution in [0.5, 0.6) is 0 Å². The molecule has 0 bridgehead atoms. The lowest BCUT2D eigenvalue weighted by atomic mass is 10.3. The van der Waals surface area contributed by atoms with Crippen LogP contribution in [-0.2, 0) is 6.54 Å². The van der Waals surface area contributed by atoms with Gasteiger partial charge in [-0.05, 0) is 44.1 Å². The average Bonchev–Trinajstić information content (AvgIpc) is 3.58. The van der Waals surface area contributed by atoms with Gasteiger partial charge < -0.3 is 19.3 Å². The first-order chi connectivity index (χ1) is 15.3. The zero-order chi connectivity index (χ0) is 20.6. The van der Waals surface area contributed by atoms with Gasteiger partial charge in [0.05, 0.1) is 0 Å². The van der Waals surface area contributed by atoms with Gasteiger partial charge in [-0.1, -0.05) is 6.07 Å². The number of anilines is 2. The van der Waals surface area contributed by atoms with Crippen molar-refractivity contribution in [2.75, 3.05) is 55.6 Å². The maximum Gasteiger partial charge on any atom is 0.227 e. The zero-order valence-corrected chi connectivity index (χ0v) is 17.8. The molecule has 0 aliphatic carbocycles. The molecule has 0 unspecified atom stereocenters. The van der Waals surface area contributed by atoms with Crippen LogP contribution in [0.25, 0.3) is 16.7 Å². The summed E-state index contributed by atoms with van der Waals surface area (Å²) >= 11 is 0. The van der Waals surface area contributed by atoms with Gasteiger partial charge in [-0.3, -0.25) is 4.40 Å². The monoisotopic (exact) mass is 416 g/mol. The summed E-state index contributed by atoms with van der Waals surface area (Å²) in [5.74, 6) is 2.04. The number of hydrogen-bond acceptors (Lipinski definition) is 6. The molecule has 6 heterocycles. The fraction of sp³-hybridized carbons (Fsp3) is 0.435. The van der Waals surface area contributed by atoms with Crippen molar-refractivity contribution in [3.05, 3.63) is 49.1 Å². The molecule has 31 heavy (non-hydrogen) atoms. The van der Waals surface area contributed by atoms with E-state index >= 15 is 0 Å². The third kappa shape index (κ3) is 3.50. The average molecular weight is 417 g/mol. The Kier molecular flexibility index (Phi) is 4.71. The van der Waals surface area contributed by atoms with E-state index in [2.05, 4.69) is 58.0 Å². The number of aromatic nitrogens is 5. The molecule has 8 nitrogen and oxygen atoms in total. The molecule has 0 aromatic carbocycles. The molecular weight excluding hydrogens is 388 g/mol. The van der Waals surface area contributed by atoms with Crippen molar-refractivity contribution >= 4 is 28.4 Å². The maximum absolute atomic E-state index is 4.97. The SMILES string of the molecule is c1cc(N2CCN(c3ncc4ccn(CCN5CCCC5)c4n3)CC2)n2ccnc2c1. The Bertz CT molecular complexity index is 1180. The van der Waals surface area contributed by atoms with Crippen LogP contribution in [0.1, 0.15) is 12.8 Å². The van der Waals surface area contributed by atoms with Crippen LogP contribution in [0.15, 0.2) is 49.1 Å². The summed E-state index contributed by atoms with van der Waals surface area (Å²) in [4.78, 5) is 21.3. The molecule has 0 spiro atoms. The summed E-state index contributed by atoms with van der Waals surface area (Å²) in [5.41, 5.74) is 2.04. The second-order valence-corrected chi connectivity index (χ2v) is 8.52. The molecular formula is C23H28N8. The normalized spacial score (nSPS) is 17.9. The molecule has 2 saturated heterocycles. The van der Waals surface area contributed by atoms with Gasteiger partial charge >= 0.3 is 0 Å². The number of nitrogens with zero attached hydrogens (tertiary/aromatic N) is 8. The third-order valence-electron chi connectivity index (χ3n) is 6.64. The summed E-state index contributed by atoms with van der Waals surface area (Å²) in [7, 11) is 0. The molecule has 0 radical (unpaired) electrons. The standard InChI is InChI=1S/C23H28N8/c1-2-9-27(8-1)12-13-29-10-6-19-18-25-23(26-22(19)29)30-16-14-28(15-17-30)21-5-3-4-20-24-7-11-31(20)21/h3-7,10-11,18H,1-2,8-9,12-17H2. The van der Waals surface area contributed by atoms with Crippen LogP contribution in [0, 0.1) is 0 Å². The maximum atomic E-state index is 4.97. The molecule has 4 aromatic heterocycles. The number of rotatable bonds is 5. The van der Waals surface area contributed by atoms with Gasteiger partial charge in [0.1, 0.15) is 17.1 Å². The number of pyridine rings is 1. The summed E-state index contributed by atoms with van der Waals surface area (Å²) in [6.07, 6.45) is 10.7. The molecule has 0 N–H and O–H groups in total. The number of imidazole rings is 1. The van der Waals surface area contributed by atoms with Gasteiger partial charge in [-0.25, -0.2) is 9.97 Å². The van der Waals surface area contributed by atoms with E-state index in [1.54, 1.807) is 0 Å². The Morgan fingerprint density at radius 2 is 1.65 bits per heavy atom. The minimum atomic E-state index is 0.842. The lowest BCUT2D eigenvalue weighted by Crippen LogP contribution is -2.47. The van der Waals surface area contributed by atoms with Gasteiger partial charge in [-0.2, -0.15) is 4.98 Å². The lowest BCUT2D eigenvalue weighted by molar-refractivity contribution is 0.324. The molecule has 2 aliphatic rings. The van der Waals surface area contributed by atoms with Crippen molar-refractivity contribution in [1.29, 1.82) is 0 Å². The third-order valence-corrected chi connectivity index (χ3v) is 6.64. The van der Waals surface area contributed by atoms with E-state index in [1.165, 1.54) is 31.7 Å². The summed E-state index contributed by atoms with van der Waals surface area (Å²) in [5, 5.41) is 1.12. The summed E-state index contributed by atoms with van der Waals surface area (Å²) in [6, 6.07) is 8.42. The van der Waals surface area contributed by atoms with Crippen LogP contribution in [0.3, 0.4) is 0 Å². The highest BCUT2D eigenvalue weighted by molar-refractivity contribution is 5.76. The zero-order valence-electron chi connectivity index (χ0n) is 17.8. The van der Waals surface area contributed by atoms with E-state index in [-0.39, 0.29) is 0 Å². The van der Waals surface area contributed by atoms with Crippen LogP contribution in [0.2, 0.25) is 0 Å². The van der Waals surface area contributed by atoms with Gasteiger partial charge in [0.15, 0.2) is 0 Å². The van der Waals surface area contributed by atoms with Gasteiger partial charge in [-0.15, -0.1) is 0 Å². The Morgan fingerprint density at radius 3 is 2.52 bits per heavy atom. The Hall–Kier alpha value is -3.13. The van der Waals surface area contributed by atoms with Crippen LogP contribution in [0.4, 0.5) is 11.8 Å². The van der Waals surface area contributed by atoms with Crippen LogP contribution >= 0.6 is 0 Å². The minimum absolute atomic E-state index is 0.842. The van der Waals surface area contributed by atoms with Crippen molar-refractivity contribution in [3.63, 3.8) is 0 Å². The van der Waals surface area contributed by atoms with E-state index in [0.29, 0.717) is 0 Å². The molecule has 6 rings (SSSR count). The van der Waals surface area contributed by atoms with E-state index in [0.717, 1.165) is 61.9 Å². The van der Waals surface area contributed by atoms with E-state index in [1.807, 2.05) is 24.7 Å². The number of likely N-dealkylation sites (tertiary alicyclic amines) is 1. The van der Waals surface area contributed by atoms with Gasteiger partial charge in [0, 0.05) is 69.4 Å². The first kappa shape index (κ1) is 18.6. The fourth-order valence-corrected chi connectivity index (χ4v) is 4.88. The number of hydrogen-bond donors (Lipinski definition) is 0. The van der Waals surface area contributed by atoms with Crippen molar-refractivity contribution in [2.24, 2.45) is 0 Å². The van der Waals surface area contributed by atoms with E-state index in [9.17, 15) is 0 Å². The quantitative estimate of drug-likeness (QED) is 0.498. The number of fused-ring (bicyclic) bond motifs is 2. The predicted molar refractivity (Wildman–Crippen MR) is 123 cm³/mol. The topological polar surface area (TPSA) is 57.7 Å². The molecule has 8 heteroatoms. The second kappa shape index (κ2) is 7.85. The van der Waals surface area contributed by atoms with Crippen LogP contribution < -0.4 is 9.80 Å². The first-order valence-corrected chi connectivity index (χ1v) is 11.3. The molecule has 4 aromatic rings. The molecule has 0 atom stereocenters. The smallest absolute Gasteiger partial charge is 0.227 e. The molecule has 0 amide bonds. The Balaban J connectivity index is 1.17. The van der Waals surface area contributed by atoms with Gasteiger partial charge in [0.2, 0.25) is 5.95 Å². The minimum Gasteiger partial charge on any atom is -0.354 e. The van der Waals surface area contributed by atoms with E-state index in [4.69, 9.17) is 4.98 Å². The fourth-order valence-electron chi connectivity index (χ4n) is 4.88. The lowest BCUT2D eigenvalue weighted by Gasteiger charge is -2.36. The summed E-state index contributed by atoms with van der Waals surface area (Å²) in [6.45, 7) is 8.25. The van der Waals surface area contributed by atoms with Crippen molar-refractivity contribution < 1.29 is 0 Å². The van der Waals surface area contributed by atoms with Crippen molar-refractivity contribution in [2.45, 2.75) is 19.4 Å². The highest BCUT2D eigenvalue weighted by Crippen LogP contribution is 2.22. The first-order valence-electron chi connectivity index (χ1n) is 11.3. The van der Waals surface area contributed by atoms with Crippen LogP contribution in [-0.4, -0.2) is 74.6 Å². The Labute approximate surface area is 181 Å². The Morgan fingerprint density at radius 1 is 0.806 bits per heavy atom. The highest BCUT2D eigenvalue weighted by Gasteiger charge is 2.21. The van der Waals surface area contributed by atoms with Crippen molar-refractivity contribution in [3.8, 4) is 0 Å². The number of piperazine rings is 1. The molecule has 2 aliphatic heterocycles. The van der Waals surface area contributed by atoms with Crippen molar-refractivity contribution in [1.82, 2.24) is 28.8 Å². The van der Waals surface area contributed by atoms with Gasteiger partial charge in [0.25, 0.3) is 0 Å². The largest absolute Gasteiger partial charge is 0.354 e.